The summed E-state index contributed by atoms with van der Waals surface area (Å²) in [7, 11) is 0. The Bertz CT molecular complexity index is 913. The number of aliphatic hydroxyl groups excluding tert-OH is 4. The minimum Gasteiger partial charge on any atom is -0.472 e. The van der Waals surface area contributed by atoms with E-state index >= 15 is 0 Å². The molecule has 1 aromatic heterocycles. The summed E-state index contributed by atoms with van der Waals surface area (Å²) in [6, 6.07) is 1.83. The summed E-state index contributed by atoms with van der Waals surface area (Å²) in [6.07, 6.45) is 2.57. The van der Waals surface area contributed by atoms with Crippen LogP contribution in [0.1, 0.15) is 51.2 Å². The van der Waals surface area contributed by atoms with Gasteiger partial charge in [0.15, 0.2) is 6.29 Å². The first-order chi connectivity index (χ1) is 16.2. The van der Waals surface area contributed by atoms with E-state index in [4.69, 9.17) is 18.6 Å². The Morgan fingerprint density at radius 3 is 2.65 bits per heavy atom. The second kappa shape index (κ2) is 8.72. The first kappa shape index (κ1) is 24.0. The number of cyclic esters (lactones) is 1. The van der Waals surface area contributed by atoms with Gasteiger partial charge in [-0.05, 0) is 43.1 Å². The molecule has 9 heteroatoms. The molecule has 0 aromatic carbocycles. The molecule has 11 unspecified atom stereocenters. The molecule has 34 heavy (non-hydrogen) atoms. The highest BCUT2D eigenvalue weighted by Crippen LogP contribution is 2.64. The van der Waals surface area contributed by atoms with Gasteiger partial charge in [-0.3, -0.25) is 4.79 Å². The number of esters is 1. The quantitative estimate of drug-likeness (QED) is 0.374. The summed E-state index contributed by atoms with van der Waals surface area (Å²) in [6.45, 7) is 3.80. The molecule has 2 saturated heterocycles. The molecule has 9 nitrogen and oxygen atoms in total. The van der Waals surface area contributed by atoms with E-state index in [0.29, 0.717) is 12.8 Å². The highest BCUT2D eigenvalue weighted by molar-refractivity contribution is 5.75. The summed E-state index contributed by atoms with van der Waals surface area (Å²) < 4.78 is 22.9. The van der Waals surface area contributed by atoms with Crippen LogP contribution >= 0.6 is 0 Å². The monoisotopic (exact) mass is 478 g/mol. The molecule has 11 atom stereocenters. The zero-order chi connectivity index (χ0) is 24.3. The zero-order valence-corrected chi connectivity index (χ0v) is 19.4. The number of aliphatic hydroxyl groups is 4. The summed E-state index contributed by atoms with van der Waals surface area (Å²) >= 11 is 0. The van der Waals surface area contributed by atoms with Crippen molar-refractivity contribution < 1.29 is 43.8 Å². The van der Waals surface area contributed by atoms with Gasteiger partial charge in [-0.25, -0.2) is 0 Å². The van der Waals surface area contributed by atoms with E-state index in [2.05, 4.69) is 13.8 Å². The molecule has 4 aliphatic rings. The normalized spacial score (nSPS) is 48.6. The molecule has 0 radical (unpaired) electrons. The van der Waals surface area contributed by atoms with Gasteiger partial charge in [-0.15, -0.1) is 0 Å². The molecule has 0 amide bonds. The van der Waals surface area contributed by atoms with Crippen LogP contribution in [0.15, 0.2) is 35.2 Å². The van der Waals surface area contributed by atoms with Crippen molar-refractivity contribution >= 4 is 5.97 Å². The third-order valence-corrected chi connectivity index (χ3v) is 8.90. The van der Waals surface area contributed by atoms with Gasteiger partial charge in [0.25, 0.3) is 0 Å². The van der Waals surface area contributed by atoms with Crippen molar-refractivity contribution in [2.75, 3.05) is 6.61 Å². The van der Waals surface area contributed by atoms with E-state index in [-0.39, 0.29) is 34.7 Å². The van der Waals surface area contributed by atoms with Crippen LogP contribution < -0.4 is 0 Å². The molecule has 188 valence electrons. The first-order valence-corrected chi connectivity index (χ1v) is 12.0. The number of carbonyl (C=O) groups excluding carboxylic acids is 1. The Labute approximate surface area is 198 Å². The largest absolute Gasteiger partial charge is 0.472 e. The second-order valence-corrected chi connectivity index (χ2v) is 10.8. The average Bonchev–Trinajstić information content (AvgIpc) is 3.34. The highest BCUT2D eigenvalue weighted by Gasteiger charge is 2.62. The van der Waals surface area contributed by atoms with Crippen molar-refractivity contribution in [1.82, 2.24) is 0 Å². The number of allylic oxidation sites excluding steroid dienone is 1. The topological polar surface area (TPSA) is 139 Å². The molecular weight excluding hydrogens is 444 g/mol. The molecular formula is C25H34O9. The number of fused-ring (bicyclic) bond motifs is 3. The minimum atomic E-state index is -1.50. The second-order valence-electron chi connectivity index (χ2n) is 10.8. The van der Waals surface area contributed by atoms with Gasteiger partial charge in [-0.1, -0.05) is 26.0 Å². The Kier molecular flexibility index (Phi) is 6.15. The van der Waals surface area contributed by atoms with E-state index in [9.17, 15) is 25.2 Å². The number of furan rings is 1. The SMILES string of the molecule is CC12CCC3C(=O)OC(c4ccoc4)CC3(C)C1CC=CC2OC1OC(CO)C(O)C(O)C1O. The maximum atomic E-state index is 13.1. The van der Waals surface area contributed by atoms with E-state index in [1.165, 1.54) is 0 Å². The molecule has 1 saturated carbocycles. The third-order valence-electron chi connectivity index (χ3n) is 8.90. The lowest BCUT2D eigenvalue weighted by Gasteiger charge is -2.60. The maximum absolute atomic E-state index is 13.1. The Morgan fingerprint density at radius 1 is 1.15 bits per heavy atom. The molecule has 2 aliphatic carbocycles. The lowest BCUT2D eigenvalue weighted by atomic mass is 9.46. The molecule has 5 rings (SSSR count). The van der Waals surface area contributed by atoms with Crippen molar-refractivity contribution in [2.24, 2.45) is 22.7 Å². The molecule has 4 N–H and O–H groups in total. The standard InChI is InChI=1S/C25H34O9/c1-24-8-6-14-22(30)32-15(13-7-9-31-12-13)10-25(14,2)17(24)4-3-5-18(24)34-23-21(29)20(28)19(27)16(11-26)33-23/h3,5,7,9,12,14-21,23,26-29H,4,6,8,10-11H2,1-2H3. The van der Waals surface area contributed by atoms with Crippen LogP contribution in [-0.2, 0) is 19.0 Å². The average molecular weight is 479 g/mol. The fourth-order valence-corrected chi connectivity index (χ4v) is 6.90. The zero-order valence-electron chi connectivity index (χ0n) is 19.4. The lowest BCUT2D eigenvalue weighted by Crippen LogP contribution is -2.62. The van der Waals surface area contributed by atoms with Crippen LogP contribution in [0.25, 0.3) is 0 Å². The fourth-order valence-electron chi connectivity index (χ4n) is 6.90. The van der Waals surface area contributed by atoms with Crippen molar-refractivity contribution in [3.05, 3.63) is 36.3 Å². The molecule has 0 bridgehead atoms. The van der Waals surface area contributed by atoms with Crippen molar-refractivity contribution in [3.63, 3.8) is 0 Å². The number of carbonyl (C=O) groups is 1. The summed E-state index contributed by atoms with van der Waals surface area (Å²) in [4.78, 5) is 13.1. The molecule has 3 fully saturated rings. The van der Waals surface area contributed by atoms with Crippen LogP contribution in [0.3, 0.4) is 0 Å². The number of rotatable bonds is 4. The number of ether oxygens (including phenoxy) is 3. The van der Waals surface area contributed by atoms with E-state index in [1.807, 2.05) is 18.2 Å². The third kappa shape index (κ3) is 3.65. The Morgan fingerprint density at radius 2 is 1.94 bits per heavy atom. The van der Waals surface area contributed by atoms with Crippen molar-refractivity contribution in [2.45, 2.75) is 82.4 Å². The van der Waals surface area contributed by atoms with Gasteiger partial charge in [0.1, 0.15) is 30.5 Å². The lowest BCUT2D eigenvalue weighted by molar-refractivity contribution is -0.320. The van der Waals surface area contributed by atoms with Gasteiger partial charge in [-0.2, -0.15) is 0 Å². The molecule has 1 aromatic rings. The van der Waals surface area contributed by atoms with Crippen LogP contribution in [0.4, 0.5) is 0 Å². The van der Waals surface area contributed by atoms with Gasteiger partial charge in [0.05, 0.1) is 31.2 Å². The summed E-state index contributed by atoms with van der Waals surface area (Å²) in [5.41, 5.74) is 0.143. The van der Waals surface area contributed by atoms with Gasteiger partial charge >= 0.3 is 5.97 Å². The number of hydrogen-bond donors (Lipinski definition) is 4. The Hall–Kier alpha value is -1.75. The van der Waals surface area contributed by atoms with Gasteiger partial charge < -0.3 is 39.1 Å². The maximum Gasteiger partial charge on any atom is 0.310 e. The molecule has 0 spiro atoms. The molecule has 2 aliphatic heterocycles. The molecule has 3 heterocycles. The van der Waals surface area contributed by atoms with Crippen LogP contribution in [-0.4, -0.2) is 69.8 Å². The van der Waals surface area contributed by atoms with Gasteiger partial charge in [0, 0.05) is 11.0 Å². The minimum absolute atomic E-state index is 0.0980. The van der Waals surface area contributed by atoms with E-state index in [1.54, 1.807) is 12.5 Å². The van der Waals surface area contributed by atoms with E-state index in [0.717, 1.165) is 18.4 Å². The van der Waals surface area contributed by atoms with Gasteiger partial charge in [0.2, 0.25) is 0 Å². The number of hydrogen-bond acceptors (Lipinski definition) is 9. The fraction of sp³-hybridized carbons (Fsp3) is 0.720. The predicted octanol–water partition coefficient (Wildman–Crippen LogP) is 1.45. The van der Waals surface area contributed by atoms with Crippen LogP contribution in [0, 0.1) is 22.7 Å². The first-order valence-electron chi connectivity index (χ1n) is 12.0. The summed E-state index contributed by atoms with van der Waals surface area (Å²) in [5, 5.41) is 40.3. The van der Waals surface area contributed by atoms with Crippen LogP contribution in [0.5, 0.6) is 0 Å². The highest BCUT2D eigenvalue weighted by atomic mass is 16.7. The van der Waals surface area contributed by atoms with Crippen molar-refractivity contribution in [3.8, 4) is 0 Å². The van der Waals surface area contributed by atoms with E-state index < -0.39 is 43.4 Å². The smallest absolute Gasteiger partial charge is 0.310 e. The summed E-state index contributed by atoms with van der Waals surface area (Å²) in [5.74, 6) is -0.294. The predicted molar refractivity (Wildman–Crippen MR) is 117 cm³/mol. The van der Waals surface area contributed by atoms with Crippen molar-refractivity contribution in [1.29, 1.82) is 0 Å². The van der Waals surface area contributed by atoms with Crippen LogP contribution in [0.2, 0.25) is 0 Å². The Balaban J connectivity index is 1.41.